The lowest BCUT2D eigenvalue weighted by molar-refractivity contribution is 0.0692. The van der Waals surface area contributed by atoms with Crippen LogP contribution in [0, 0.1) is 0 Å². The second kappa shape index (κ2) is 3.21. The van der Waals surface area contributed by atoms with Gasteiger partial charge in [-0.2, -0.15) is 0 Å². The van der Waals surface area contributed by atoms with Gasteiger partial charge in [0.15, 0.2) is 11.5 Å². The summed E-state index contributed by atoms with van der Waals surface area (Å²) < 4.78 is 10.3. The van der Waals surface area contributed by atoms with Gasteiger partial charge in [0.05, 0.1) is 6.61 Å². The molecule has 0 spiro atoms. The molecule has 0 aliphatic carbocycles. The van der Waals surface area contributed by atoms with Crippen molar-refractivity contribution >= 4 is 5.97 Å². The van der Waals surface area contributed by atoms with E-state index in [4.69, 9.17) is 14.6 Å². The minimum atomic E-state index is -0.991. The Hall–Kier alpha value is -1.71. The van der Waals surface area contributed by atoms with Crippen LogP contribution in [0.2, 0.25) is 0 Å². The van der Waals surface area contributed by atoms with Crippen molar-refractivity contribution in [1.82, 2.24) is 0 Å². The largest absolute Gasteiger partial charge is 0.493 e. The summed E-state index contributed by atoms with van der Waals surface area (Å²) in [6.07, 6.45) is 0.844. The Labute approximate surface area is 81.1 Å². The predicted octanol–water partition coefficient (Wildman–Crippen LogP) is 2.28. The molecule has 0 atom stereocenters. The number of carboxylic acids is 1. The summed E-state index contributed by atoms with van der Waals surface area (Å²) in [6.45, 7) is 2.48. The zero-order valence-corrected chi connectivity index (χ0v) is 7.74. The molecule has 74 valence electrons. The number of carbonyl (C=O) groups is 1. The first-order valence-electron chi connectivity index (χ1n) is 4.44. The van der Waals surface area contributed by atoms with Crippen molar-refractivity contribution in [3.63, 3.8) is 0 Å². The van der Waals surface area contributed by atoms with Gasteiger partial charge < -0.3 is 14.6 Å². The van der Waals surface area contributed by atoms with Crippen LogP contribution >= 0.6 is 0 Å². The molecule has 0 aromatic heterocycles. The van der Waals surface area contributed by atoms with E-state index in [1.54, 1.807) is 6.07 Å². The lowest BCUT2D eigenvalue weighted by atomic mass is 10.2. The number of hydrogen-bond donors (Lipinski definition) is 1. The van der Waals surface area contributed by atoms with Crippen LogP contribution in [0.3, 0.4) is 0 Å². The molecule has 1 aromatic rings. The summed E-state index contributed by atoms with van der Waals surface area (Å²) >= 11 is 0. The maximum atomic E-state index is 10.8. The number of carboxylic acid groups (broad SMARTS) is 1. The van der Waals surface area contributed by atoms with Gasteiger partial charge in [-0.1, -0.05) is 6.92 Å². The minimum absolute atomic E-state index is 0.162. The number of fused-ring (bicyclic) bond motifs is 1. The van der Waals surface area contributed by atoms with Crippen molar-refractivity contribution in [2.24, 2.45) is 0 Å². The van der Waals surface area contributed by atoms with Gasteiger partial charge in [-0.15, -0.1) is 0 Å². The Morgan fingerprint density at radius 1 is 1.50 bits per heavy atom. The number of rotatable bonds is 4. The van der Waals surface area contributed by atoms with Gasteiger partial charge in [-0.3, -0.25) is 0 Å². The van der Waals surface area contributed by atoms with Crippen molar-refractivity contribution in [1.29, 1.82) is 0 Å². The third-order valence-corrected chi connectivity index (χ3v) is 1.92. The van der Waals surface area contributed by atoms with Crippen LogP contribution < -0.4 is 9.47 Å². The van der Waals surface area contributed by atoms with E-state index in [9.17, 15) is 4.79 Å². The van der Waals surface area contributed by atoms with E-state index in [1.165, 1.54) is 6.07 Å². The first-order valence-corrected chi connectivity index (χ1v) is 4.44. The molecular formula is C10H10O4. The van der Waals surface area contributed by atoms with E-state index in [0.29, 0.717) is 23.9 Å². The summed E-state index contributed by atoms with van der Waals surface area (Å²) in [5.74, 6) is 0.734. The molecule has 1 aliphatic heterocycles. The third-order valence-electron chi connectivity index (χ3n) is 1.92. The van der Waals surface area contributed by atoms with E-state index in [0.717, 1.165) is 6.42 Å². The Balaban J connectivity index is 2.28. The van der Waals surface area contributed by atoms with E-state index >= 15 is 0 Å². The van der Waals surface area contributed by atoms with Crippen molar-refractivity contribution in [3.8, 4) is 17.2 Å². The predicted molar refractivity (Wildman–Crippen MR) is 49.3 cm³/mol. The lowest BCUT2D eigenvalue weighted by Crippen LogP contribution is -2.02. The quantitative estimate of drug-likeness (QED) is 0.758. The van der Waals surface area contributed by atoms with Gasteiger partial charge in [0.2, 0.25) is 0 Å². The van der Waals surface area contributed by atoms with Crippen molar-refractivity contribution in [2.75, 3.05) is 6.61 Å². The fraction of sp³-hybridized carbons (Fsp3) is 0.300. The summed E-state index contributed by atoms with van der Waals surface area (Å²) in [7, 11) is 0. The van der Waals surface area contributed by atoms with Crippen LogP contribution in [-0.2, 0) is 0 Å². The lowest BCUT2D eigenvalue weighted by Gasteiger charge is -2.05. The van der Waals surface area contributed by atoms with Crippen molar-refractivity contribution in [2.45, 2.75) is 13.3 Å². The summed E-state index contributed by atoms with van der Waals surface area (Å²) in [6, 6.07) is 3.11. The van der Waals surface area contributed by atoms with E-state index in [1.807, 2.05) is 6.92 Å². The average Bonchev–Trinajstić information content (AvgIpc) is 2.90. The van der Waals surface area contributed by atoms with Crippen LogP contribution in [0.5, 0.6) is 17.2 Å². The Bertz CT molecular complexity index is 384. The van der Waals surface area contributed by atoms with Crippen LogP contribution in [0.4, 0.5) is 0 Å². The summed E-state index contributed by atoms with van der Waals surface area (Å²) in [4.78, 5) is 10.8. The standard InChI is InChI=1S/C10H10O4/c1-2-3-13-7-5-9-8(14-9)4-6(7)10(11)12/h4-5H,2-3H2,1H3,(H,11,12). The van der Waals surface area contributed by atoms with Crippen LogP contribution in [-0.4, -0.2) is 17.7 Å². The van der Waals surface area contributed by atoms with Crippen molar-refractivity contribution in [3.05, 3.63) is 17.7 Å². The maximum absolute atomic E-state index is 10.8. The molecular weight excluding hydrogens is 184 g/mol. The van der Waals surface area contributed by atoms with Crippen LogP contribution in [0.15, 0.2) is 12.1 Å². The Kier molecular flexibility index (Phi) is 2.04. The highest BCUT2D eigenvalue weighted by molar-refractivity contribution is 5.92. The second-order valence-corrected chi connectivity index (χ2v) is 3.05. The smallest absolute Gasteiger partial charge is 0.339 e. The molecule has 0 unspecified atom stereocenters. The monoisotopic (exact) mass is 194 g/mol. The van der Waals surface area contributed by atoms with Gasteiger partial charge in [0, 0.05) is 12.1 Å². The van der Waals surface area contributed by atoms with Crippen LogP contribution in [0.25, 0.3) is 0 Å². The molecule has 4 nitrogen and oxygen atoms in total. The van der Waals surface area contributed by atoms with E-state index in [-0.39, 0.29) is 5.56 Å². The SMILES string of the molecule is CCCOc1cc2c(cc1C(=O)O)O2. The zero-order chi connectivity index (χ0) is 10.1. The molecule has 0 amide bonds. The number of hydrogen-bond acceptors (Lipinski definition) is 3. The summed E-state index contributed by atoms with van der Waals surface area (Å²) in [5.41, 5.74) is 0.162. The van der Waals surface area contributed by atoms with Gasteiger partial charge in [-0.25, -0.2) is 4.79 Å². The Morgan fingerprint density at radius 2 is 2.21 bits per heavy atom. The van der Waals surface area contributed by atoms with Gasteiger partial charge in [0.1, 0.15) is 11.3 Å². The molecule has 1 aromatic carbocycles. The zero-order valence-electron chi connectivity index (χ0n) is 7.74. The van der Waals surface area contributed by atoms with E-state index in [2.05, 4.69) is 0 Å². The molecule has 14 heavy (non-hydrogen) atoms. The van der Waals surface area contributed by atoms with Crippen LogP contribution in [0.1, 0.15) is 23.7 Å². The van der Waals surface area contributed by atoms with Crippen molar-refractivity contribution < 1.29 is 19.4 Å². The number of ether oxygens (including phenoxy) is 2. The fourth-order valence-electron chi connectivity index (χ4n) is 1.19. The number of benzene rings is 1. The highest BCUT2D eigenvalue weighted by Crippen LogP contribution is 2.48. The first-order chi connectivity index (χ1) is 6.72. The molecule has 1 heterocycles. The van der Waals surface area contributed by atoms with Gasteiger partial charge >= 0.3 is 5.97 Å². The highest BCUT2D eigenvalue weighted by Gasteiger charge is 2.26. The molecule has 0 bridgehead atoms. The molecule has 2 rings (SSSR count). The Morgan fingerprint density at radius 3 is 2.86 bits per heavy atom. The molecule has 1 aliphatic rings. The molecule has 0 saturated heterocycles. The molecule has 0 radical (unpaired) electrons. The highest BCUT2D eigenvalue weighted by atomic mass is 16.6. The molecule has 0 saturated carbocycles. The molecule has 0 fully saturated rings. The molecule has 4 heteroatoms. The second-order valence-electron chi connectivity index (χ2n) is 3.05. The van der Waals surface area contributed by atoms with Gasteiger partial charge in [-0.05, 0) is 6.42 Å². The third kappa shape index (κ3) is 1.51. The van der Waals surface area contributed by atoms with Gasteiger partial charge in [0.25, 0.3) is 0 Å². The topological polar surface area (TPSA) is 59.1 Å². The summed E-state index contributed by atoms with van der Waals surface area (Å²) in [5, 5.41) is 8.88. The maximum Gasteiger partial charge on any atom is 0.339 e. The minimum Gasteiger partial charge on any atom is -0.493 e. The van der Waals surface area contributed by atoms with E-state index < -0.39 is 5.97 Å². The molecule has 1 N–H and O–H groups in total. The fourth-order valence-corrected chi connectivity index (χ4v) is 1.19. The first kappa shape index (κ1) is 8.87. The number of aromatic carboxylic acids is 1. The normalized spacial score (nSPS) is 11.5. The average molecular weight is 194 g/mol.